The Hall–Kier alpha value is -1.57. The maximum Gasteiger partial charge on any atom is 0.400 e. The van der Waals surface area contributed by atoms with Crippen LogP contribution in [0, 0.1) is 11.3 Å². The van der Waals surface area contributed by atoms with Crippen molar-refractivity contribution in [3.8, 4) is 11.8 Å². The van der Waals surface area contributed by atoms with Crippen molar-refractivity contribution in [1.82, 2.24) is 5.32 Å². The first-order chi connectivity index (χ1) is 13.5. The first kappa shape index (κ1) is 23.7. The quantitative estimate of drug-likeness (QED) is 0.331. The van der Waals surface area contributed by atoms with Crippen molar-refractivity contribution >= 4 is 50.9 Å². The Balaban J connectivity index is 2.60. The summed E-state index contributed by atoms with van der Waals surface area (Å²) in [6.07, 6.45) is 1.62. The number of hydrogen-bond donors (Lipinski definition) is 3. The number of ether oxygens (including phenoxy) is 1. The lowest BCUT2D eigenvalue weighted by atomic mass is 10.1. The number of amides is 1. The number of fused-ring (bicyclic) bond motifs is 1. The highest BCUT2D eigenvalue weighted by molar-refractivity contribution is 9.10. The summed E-state index contributed by atoms with van der Waals surface area (Å²) >= 11 is 3.50. The summed E-state index contributed by atoms with van der Waals surface area (Å²) in [5.74, 6) is -0.358. The molecule has 2 aromatic rings. The van der Waals surface area contributed by atoms with Gasteiger partial charge >= 0.3 is 13.3 Å². The maximum atomic E-state index is 14.3. The van der Waals surface area contributed by atoms with E-state index in [1.165, 1.54) is 12.1 Å². The molecule has 12 heteroatoms. The Morgan fingerprint density at radius 1 is 1.45 bits per heavy atom. The Labute approximate surface area is 178 Å². The van der Waals surface area contributed by atoms with E-state index in [-0.39, 0.29) is 45.4 Å². The minimum absolute atomic E-state index is 0.106. The van der Waals surface area contributed by atoms with Crippen molar-refractivity contribution in [2.75, 3.05) is 13.2 Å². The molecule has 0 aliphatic carbocycles. The van der Waals surface area contributed by atoms with Gasteiger partial charge in [-0.2, -0.15) is 14.0 Å². The molecule has 29 heavy (non-hydrogen) atoms. The number of nitrogens with zero attached hydrogens (tertiary/aromatic N) is 1. The van der Waals surface area contributed by atoms with Crippen LogP contribution in [0.4, 0.5) is 8.78 Å². The van der Waals surface area contributed by atoms with Crippen LogP contribution in [0.5, 0.6) is 5.75 Å². The van der Waals surface area contributed by atoms with Gasteiger partial charge in [-0.25, -0.2) is 0 Å². The Kier molecular flexibility index (Phi) is 7.76. The average Bonchev–Trinajstić information content (AvgIpc) is 2.98. The monoisotopic (exact) mass is 510 g/mol. The second-order valence-corrected chi connectivity index (χ2v) is 9.51. The fourth-order valence-electron chi connectivity index (χ4n) is 2.36. The Bertz CT molecular complexity index is 1000. The van der Waals surface area contributed by atoms with Crippen molar-refractivity contribution in [3.63, 3.8) is 0 Å². The molecule has 1 aromatic carbocycles. The standard InChI is InChI=1S/C17H18BrF2N2O5PS/c1-2-3-7-27-12-9-10(16(23)22-6-4-5-21)8-11-13(18)15(29-14(11)12)17(19,20)28(24,25)26/h8-9H,2-4,6-7H2,1H3,(H,22,23)(H2,24,25,26). The number of nitrogens with one attached hydrogen (secondary N) is 1. The van der Waals surface area contributed by atoms with E-state index in [4.69, 9.17) is 19.8 Å². The topological polar surface area (TPSA) is 120 Å². The van der Waals surface area contributed by atoms with Gasteiger partial charge in [0.1, 0.15) is 10.6 Å². The summed E-state index contributed by atoms with van der Waals surface area (Å²) in [6, 6.07) is 4.62. The fourth-order valence-corrected chi connectivity index (χ4v) is 5.34. The molecule has 0 atom stereocenters. The highest BCUT2D eigenvalue weighted by atomic mass is 79.9. The van der Waals surface area contributed by atoms with Crippen molar-refractivity contribution in [1.29, 1.82) is 5.26 Å². The van der Waals surface area contributed by atoms with E-state index >= 15 is 0 Å². The first-order valence-electron chi connectivity index (χ1n) is 8.52. The predicted octanol–water partition coefficient (Wildman–Crippen LogP) is 4.71. The molecule has 0 saturated carbocycles. The van der Waals surface area contributed by atoms with Crippen LogP contribution in [-0.2, 0) is 10.2 Å². The van der Waals surface area contributed by atoms with Gasteiger partial charge in [0.15, 0.2) is 0 Å². The van der Waals surface area contributed by atoms with Crippen molar-refractivity contribution in [2.45, 2.75) is 31.8 Å². The van der Waals surface area contributed by atoms with Gasteiger partial charge < -0.3 is 19.8 Å². The number of thiophene rings is 1. The van der Waals surface area contributed by atoms with Crippen LogP contribution in [0.1, 0.15) is 41.4 Å². The summed E-state index contributed by atoms with van der Waals surface area (Å²) < 4.78 is 45.7. The summed E-state index contributed by atoms with van der Waals surface area (Å²) in [4.78, 5) is 29.7. The van der Waals surface area contributed by atoms with Gasteiger partial charge in [0.2, 0.25) is 0 Å². The molecule has 0 spiro atoms. The SMILES string of the molecule is CCCCOc1cc(C(=O)NCCC#N)cc2c(Br)c(C(F)(F)P(=O)(O)O)sc12. The second-order valence-electron chi connectivity index (χ2n) is 6.05. The van der Waals surface area contributed by atoms with E-state index in [1.54, 1.807) is 0 Å². The molecule has 0 fully saturated rings. The van der Waals surface area contributed by atoms with Gasteiger partial charge in [0, 0.05) is 22.0 Å². The lowest BCUT2D eigenvalue weighted by Gasteiger charge is -2.16. The zero-order chi connectivity index (χ0) is 21.8. The number of halogens is 3. The third-order valence-corrected chi connectivity index (χ3v) is 7.36. The van der Waals surface area contributed by atoms with Gasteiger partial charge in [-0.15, -0.1) is 11.3 Å². The molecule has 1 aromatic heterocycles. The largest absolute Gasteiger partial charge is 0.492 e. The third kappa shape index (κ3) is 5.13. The molecule has 7 nitrogen and oxygen atoms in total. The molecule has 158 valence electrons. The minimum atomic E-state index is -5.77. The number of carbonyl (C=O) groups is 1. The van der Waals surface area contributed by atoms with Gasteiger partial charge in [-0.3, -0.25) is 9.36 Å². The van der Waals surface area contributed by atoms with E-state index in [9.17, 15) is 18.1 Å². The average molecular weight is 511 g/mol. The number of hydrogen-bond acceptors (Lipinski definition) is 5. The van der Waals surface area contributed by atoms with Crippen LogP contribution in [0.25, 0.3) is 10.1 Å². The van der Waals surface area contributed by atoms with E-state index < -0.39 is 24.0 Å². The molecule has 1 heterocycles. The zero-order valence-electron chi connectivity index (χ0n) is 15.2. The van der Waals surface area contributed by atoms with Crippen molar-refractivity contribution in [2.24, 2.45) is 0 Å². The summed E-state index contributed by atoms with van der Waals surface area (Å²) in [6.45, 7) is 2.34. The number of carbonyl (C=O) groups excluding carboxylic acids is 1. The number of nitriles is 1. The summed E-state index contributed by atoms with van der Waals surface area (Å²) in [7, 11) is -5.77. The van der Waals surface area contributed by atoms with E-state index in [1.807, 2.05) is 13.0 Å². The Morgan fingerprint density at radius 3 is 2.72 bits per heavy atom. The van der Waals surface area contributed by atoms with Gasteiger partial charge in [0.25, 0.3) is 5.91 Å². The minimum Gasteiger partial charge on any atom is -0.492 e. The molecule has 0 saturated heterocycles. The first-order valence-corrected chi connectivity index (χ1v) is 11.7. The number of alkyl halides is 2. The molecule has 1 amide bonds. The fraction of sp³-hybridized carbons (Fsp3) is 0.412. The normalized spacial score (nSPS) is 12.0. The van der Waals surface area contributed by atoms with Crippen LogP contribution in [0.2, 0.25) is 0 Å². The highest BCUT2D eigenvalue weighted by Crippen LogP contribution is 2.63. The van der Waals surface area contributed by atoms with Crippen LogP contribution < -0.4 is 10.1 Å². The molecule has 2 rings (SSSR count). The van der Waals surface area contributed by atoms with E-state index in [0.29, 0.717) is 17.8 Å². The second kappa shape index (κ2) is 9.49. The summed E-state index contributed by atoms with van der Waals surface area (Å²) in [5.41, 5.74) is -4.28. The molecular formula is C17H18BrF2N2O5PS. The third-order valence-electron chi connectivity index (χ3n) is 3.87. The number of unbranched alkanes of at least 4 members (excludes halogenated alkanes) is 1. The highest BCUT2D eigenvalue weighted by Gasteiger charge is 2.53. The molecule has 0 unspecified atom stereocenters. The molecule has 0 aliphatic rings. The Morgan fingerprint density at radius 2 is 2.14 bits per heavy atom. The molecule has 0 aliphatic heterocycles. The molecule has 0 bridgehead atoms. The van der Waals surface area contributed by atoms with Crippen LogP contribution in [-0.4, -0.2) is 28.8 Å². The molecule has 3 N–H and O–H groups in total. The predicted molar refractivity (Wildman–Crippen MR) is 108 cm³/mol. The lowest BCUT2D eigenvalue weighted by molar-refractivity contribution is 0.0595. The lowest BCUT2D eigenvalue weighted by Crippen LogP contribution is -2.24. The molecule has 0 radical (unpaired) electrons. The number of benzene rings is 1. The van der Waals surface area contributed by atoms with Crippen LogP contribution in [0.3, 0.4) is 0 Å². The van der Waals surface area contributed by atoms with E-state index in [0.717, 1.165) is 6.42 Å². The van der Waals surface area contributed by atoms with Crippen LogP contribution >= 0.6 is 34.9 Å². The van der Waals surface area contributed by atoms with Gasteiger partial charge in [-0.05, 0) is 34.5 Å². The van der Waals surface area contributed by atoms with Crippen molar-refractivity contribution in [3.05, 3.63) is 27.0 Å². The maximum absolute atomic E-state index is 14.3. The van der Waals surface area contributed by atoms with Crippen LogP contribution in [0.15, 0.2) is 16.6 Å². The summed E-state index contributed by atoms with van der Waals surface area (Å²) in [5, 5.41) is 11.3. The van der Waals surface area contributed by atoms with E-state index in [2.05, 4.69) is 21.2 Å². The van der Waals surface area contributed by atoms with Gasteiger partial charge in [0.05, 0.1) is 23.8 Å². The smallest absolute Gasteiger partial charge is 0.400 e. The zero-order valence-corrected chi connectivity index (χ0v) is 18.5. The van der Waals surface area contributed by atoms with Crippen molar-refractivity contribution < 1.29 is 32.7 Å². The number of rotatable bonds is 9. The van der Waals surface area contributed by atoms with Gasteiger partial charge in [-0.1, -0.05) is 13.3 Å². The molecular weight excluding hydrogens is 493 g/mol.